The summed E-state index contributed by atoms with van der Waals surface area (Å²) >= 11 is 11.3. The third-order valence-electron chi connectivity index (χ3n) is 2.90. The molecular weight excluding hydrogens is 268 g/mol. The summed E-state index contributed by atoms with van der Waals surface area (Å²) in [6, 6.07) is 7.54. The molecule has 0 radical (unpaired) electrons. The summed E-state index contributed by atoms with van der Waals surface area (Å²) in [5, 5.41) is 7.52. The first-order chi connectivity index (χ1) is 8.75. The molecule has 1 aliphatic heterocycles. The fourth-order valence-electron chi connectivity index (χ4n) is 1.95. The fourth-order valence-corrected chi connectivity index (χ4v) is 2.34. The van der Waals surface area contributed by atoms with Gasteiger partial charge in [0.15, 0.2) is 5.11 Å². The second kappa shape index (κ2) is 6.92. The first kappa shape index (κ1) is 13.6. The number of halogens is 1. The Morgan fingerprint density at radius 2 is 2.28 bits per heavy atom. The normalized spacial score (nSPS) is 18.6. The molecular formula is C13H17ClN2OS. The first-order valence-electron chi connectivity index (χ1n) is 6.16. The largest absolute Gasteiger partial charge is 0.378 e. The molecule has 1 saturated heterocycles. The van der Waals surface area contributed by atoms with E-state index < -0.39 is 0 Å². The Morgan fingerprint density at radius 3 is 3.00 bits per heavy atom. The van der Waals surface area contributed by atoms with Gasteiger partial charge in [0.05, 0.1) is 16.8 Å². The van der Waals surface area contributed by atoms with E-state index in [1.165, 1.54) is 6.42 Å². The second-order valence-electron chi connectivity index (χ2n) is 4.28. The van der Waals surface area contributed by atoms with E-state index in [9.17, 15) is 0 Å². The summed E-state index contributed by atoms with van der Waals surface area (Å²) in [7, 11) is 0. The molecule has 0 aromatic heterocycles. The maximum atomic E-state index is 6.04. The molecule has 0 spiro atoms. The minimum atomic E-state index is 0.389. The van der Waals surface area contributed by atoms with Crippen LogP contribution in [0, 0.1) is 0 Å². The van der Waals surface area contributed by atoms with Crippen molar-refractivity contribution in [3.8, 4) is 0 Å². The van der Waals surface area contributed by atoms with Crippen LogP contribution in [0.2, 0.25) is 5.02 Å². The van der Waals surface area contributed by atoms with Crippen LogP contribution in [0.25, 0.3) is 0 Å². The van der Waals surface area contributed by atoms with Crippen molar-refractivity contribution in [1.29, 1.82) is 0 Å². The van der Waals surface area contributed by atoms with Crippen molar-refractivity contribution in [3.63, 3.8) is 0 Å². The maximum absolute atomic E-state index is 6.04. The Hall–Kier alpha value is -0.840. The van der Waals surface area contributed by atoms with Crippen LogP contribution in [-0.4, -0.2) is 24.4 Å². The Labute approximate surface area is 118 Å². The van der Waals surface area contributed by atoms with E-state index in [0.29, 0.717) is 16.2 Å². The standard InChI is InChI=1S/C13H17ClN2OS/c14-11-5-1-2-6-12(11)16-13(18)15-8-7-10-4-3-9-17-10/h1-2,5-6,10H,3-4,7-9H2,(H2,15,16,18). The summed E-state index contributed by atoms with van der Waals surface area (Å²) in [6.07, 6.45) is 3.71. The van der Waals surface area contributed by atoms with Crippen LogP contribution >= 0.6 is 23.8 Å². The van der Waals surface area contributed by atoms with Gasteiger partial charge in [-0.3, -0.25) is 0 Å². The Kier molecular flexibility index (Phi) is 5.23. The molecule has 1 aromatic carbocycles. The molecule has 0 bridgehead atoms. The van der Waals surface area contributed by atoms with Gasteiger partial charge in [0, 0.05) is 13.2 Å². The molecule has 98 valence electrons. The van der Waals surface area contributed by atoms with Crippen molar-refractivity contribution in [2.75, 3.05) is 18.5 Å². The molecule has 0 saturated carbocycles. The highest BCUT2D eigenvalue weighted by Gasteiger charge is 2.14. The fraction of sp³-hybridized carbons (Fsp3) is 0.462. The van der Waals surface area contributed by atoms with Crippen molar-refractivity contribution in [1.82, 2.24) is 5.32 Å². The summed E-state index contributed by atoms with van der Waals surface area (Å²) in [5.74, 6) is 0. The van der Waals surface area contributed by atoms with Crippen molar-refractivity contribution in [2.24, 2.45) is 0 Å². The third kappa shape index (κ3) is 4.12. The lowest BCUT2D eigenvalue weighted by Crippen LogP contribution is -2.31. The zero-order chi connectivity index (χ0) is 12.8. The SMILES string of the molecule is S=C(NCCC1CCCO1)Nc1ccccc1Cl. The number of nitrogens with one attached hydrogen (secondary N) is 2. The molecule has 1 unspecified atom stereocenters. The first-order valence-corrected chi connectivity index (χ1v) is 6.95. The summed E-state index contributed by atoms with van der Waals surface area (Å²) < 4.78 is 5.55. The van der Waals surface area contributed by atoms with E-state index in [1.54, 1.807) is 0 Å². The zero-order valence-electron chi connectivity index (χ0n) is 10.1. The third-order valence-corrected chi connectivity index (χ3v) is 3.47. The summed E-state index contributed by atoms with van der Waals surface area (Å²) in [4.78, 5) is 0. The minimum absolute atomic E-state index is 0.389. The Morgan fingerprint density at radius 1 is 1.44 bits per heavy atom. The lowest BCUT2D eigenvalue weighted by atomic mass is 10.2. The predicted molar refractivity (Wildman–Crippen MR) is 79.3 cm³/mol. The smallest absolute Gasteiger partial charge is 0.170 e. The van der Waals surface area contributed by atoms with Crippen LogP contribution in [0.4, 0.5) is 5.69 Å². The highest BCUT2D eigenvalue weighted by atomic mass is 35.5. The van der Waals surface area contributed by atoms with Gasteiger partial charge >= 0.3 is 0 Å². The van der Waals surface area contributed by atoms with Crippen molar-refractivity contribution >= 4 is 34.6 Å². The molecule has 2 rings (SSSR count). The van der Waals surface area contributed by atoms with Crippen LogP contribution in [0.15, 0.2) is 24.3 Å². The monoisotopic (exact) mass is 284 g/mol. The Balaban J connectivity index is 1.70. The zero-order valence-corrected chi connectivity index (χ0v) is 11.7. The average Bonchev–Trinajstić information content (AvgIpc) is 2.85. The number of rotatable bonds is 4. The van der Waals surface area contributed by atoms with Gasteiger partial charge in [-0.15, -0.1) is 0 Å². The number of hydrogen-bond acceptors (Lipinski definition) is 2. The molecule has 1 heterocycles. The topological polar surface area (TPSA) is 33.3 Å². The van der Waals surface area contributed by atoms with Crippen LogP contribution in [-0.2, 0) is 4.74 Å². The van der Waals surface area contributed by atoms with E-state index in [1.807, 2.05) is 24.3 Å². The van der Waals surface area contributed by atoms with E-state index in [4.69, 9.17) is 28.6 Å². The maximum Gasteiger partial charge on any atom is 0.170 e. The van der Waals surface area contributed by atoms with Crippen molar-refractivity contribution in [3.05, 3.63) is 29.3 Å². The van der Waals surface area contributed by atoms with Gasteiger partial charge in [-0.05, 0) is 43.6 Å². The molecule has 18 heavy (non-hydrogen) atoms. The number of ether oxygens (including phenoxy) is 1. The van der Waals surface area contributed by atoms with E-state index >= 15 is 0 Å². The molecule has 5 heteroatoms. The van der Waals surface area contributed by atoms with Crippen LogP contribution in [0.3, 0.4) is 0 Å². The summed E-state index contributed by atoms with van der Waals surface area (Å²) in [6.45, 7) is 1.72. The Bertz CT molecular complexity index is 408. The molecule has 1 aromatic rings. The van der Waals surface area contributed by atoms with Gasteiger partial charge < -0.3 is 15.4 Å². The van der Waals surface area contributed by atoms with E-state index in [0.717, 1.165) is 31.7 Å². The molecule has 1 fully saturated rings. The van der Waals surface area contributed by atoms with Crippen molar-refractivity contribution in [2.45, 2.75) is 25.4 Å². The molecule has 2 N–H and O–H groups in total. The molecule has 1 atom stereocenters. The van der Waals surface area contributed by atoms with Crippen LogP contribution in [0.5, 0.6) is 0 Å². The average molecular weight is 285 g/mol. The minimum Gasteiger partial charge on any atom is -0.378 e. The van der Waals surface area contributed by atoms with Crippen LogP contribution < -0.4 is 10.6 Å². The van der Waals surface area contributed by atoms with E-state index in [2.05, 4.69) is 10.6 Å². The van der Waals surface area contributed by atoms with Gasteiger partial charge in [-0.1, -0.05) is 23.7 Å². The number of hydrogen-bond donors (Lipinski definition) is 2. The number of para-hydroxylation sites is 1. The van der Waals surface area contributed by atoms with Gasteiger partial charge in [0.25, 0.3) is 0 Å². The predicted octanol–water partition coefficient (Wildman–Crippen LogP) is 3.20. The van der Waals surface area contributed by atoms with Gasteiger partial charge in [-0.25, -0.2) is 0 Å². The number of benzene rings is 1. The highest BCUT2D eigenvalue weighted by Crippen LogP contribution is 2.20. The van der Waals surface area contributed by atoms with Gasteiger partial charge in [0.2, 0.25) is 0 Å². The van der Waals surface area contributed by atoms with Crippen LogP contribution in [0.1, 0.15) is 19.3 Å². The van der Waals surface area contributed by atoms with E-state index in [-0.39, 0.29) is 0 Å². The highest BCUT2D eigenvalue weighted by molar-refractivity contribution is 7.80. The lowest BCUT2D eigenvalue weighted by Gasteiger charge is -2.13. The van der Waals surface area contributed by atoms with Crippen molar-refractivity contribution < 1.29 is 4.74 Å². The van der Waals surface area contributed by atoms with Gasteiger partial charge in [-0.2, -0.15) is 0 Å². The number of anilines is 1. The molecule has 0 amide bonds. The number of thiocarbonyl (C=S) groups is 1. The molecule has 0 aliphatic carbocycles. The summed E-state index contributed by atoms with van der Waals surface area (Å²) in [5.41, 5.74) is 0.828. The second-order valence-corrected chi connectivity index (χ2v) is 5.10. The lowest BCUT2D eigenvalue weighted by molar-refractivity contribution is 0.105. The van der Waals surface area contributed by atoms with Gasteiger partial charge in [0.1, 0.15) is 0 Å². The quantitative estimate of drug-likeness (QED) is 0.832. The molecule has 3 nitrogen and oxygen atoms in total. The molecule has 1 aliphatic rings.